The lowest BCUT2D eigenvalue weighted by molar-refractivity contribution is -0.118. The molecule has 7 heteroatoms. The Morgan fingerprint density at radius 2 is 1.83 bits per heavy atom. The average molecular weight is 344 g/mol. The highest BCUT2D eigenvalue weighted by Crippen LogP contribution is 2.14. The Morgan fingerprint density at radius 3 is 2.42 bits per heavy atom. The summed E-state index contributed by atoms with van der Waals surface area (Å²) in [4.78, 5) is 20.5. The number of carbonyl (C=O) groups is 1. The number of methoxy groups -OCH3 is 1. The first-order valence-electron chi connectivity index (χ1n) is 7.40. The van der Waals surface area contributed by atoms with Crippen molar-refractivity contribution < 1.29 is 9.53 Å². The molecule has 0 saturated heterocycles. The van der Waals surface area contributed by atoms with Gasteiger partial charge in [0.15, 0.2) is 5.16 Å². The zero-order valence-electron chi connectivity index (χ0n) is 14.2. The molecule has 0 unspecified atom stereocenters. The van der Waals surface area contributed by atoms with E-state index in [1.54, 1.807) is 7.11 Å². The van der Waals surface area contributed by atoms with Crippen LogP contribution >= 0.6 is 11.8 Å². The Bertz CT molecular complexity index is 725. The van der Waals surface area contributed by atoms with Gasteiger partial charge in [0.2, 0.25) is 0 Å². The van der Waals surface area contributed by atoms with Crippen LogP contribution in [0.2, 0.25) is 0 Å². The van der Waals surface area contributed by atoms with Gasteiger partial charge in [0.1, 0.15) is 5.75 Å². The third kappa shape index (κ3) is 5.34. The van der Waals surface area contributed by atoms with Crippen LogP contribution in [0.15, 0.2) is 40.6 Å². The van der Waals surface area contributed by atoms with E-state index in [-0.39, 0.29) is 11.7 Å². The summed E-state index contributed by atoms with van der Waals surface area (Å²) in [7, 11) is 1.62. The number of amides is 1. The molecular formula is C17H20N4O2S. The molecule has 1 aromatic carbocycles. The smallest absolute Gasteiger partial charge is 0.250 e. The molecule has 0 atom stereocenters. The average Bonchev–Trinajstić information content (AvgIpc) is 2.57. The summed E-state index contributed by atoms with van der Waals surface area (Å²) in [6.07, 6.45) is 0. The molecule has 0 aliphatic carbocycles. The summed E-state index contributed by atoms with van der Waals surface area (Å²) in [5.74, 6) is 0.790. The number of nitrogens with zero attached hydrogens (tertiary/aromatic N) is 3. The zero-order valence-corrected chi connectivity index (χ0v) is 15.0. The first-order valence-corrected chi connectivity index (χ1v) is 8.39. The zero-order chi connectivity index (χ0) is 17.5. The maximum atomic E-state index is 11.9. The molecular weight excluding hydrogens is 324 g/mol. The minimum absolute atomic E-state index is 0.198. The van der Waals surface area contributed by atoms with Gasteiger partial charge < -0.3 is 4.74 Å². The third-order valence-electron chi connectivity index (χ3n) is 3.15. The van der Waals surface area contributed by atoms with Gasteiger partial charge in [-0.1, -0.05) is 11.8 Å². The van der Waals surface area contributed by atoms with Crippen molar-refractivity contribution in [3.8, 4) is 5.75 Å². The van der Waals surface area contributed by atoms with E-state index in [1.165, 1.54) is 11.8 Å². The van der Waals surface area contributed by atoms with Gasteiger partial charge in [-0.05, 0) is 56.7 Å². The molecule has 24 heavy (non-hydrogen) atoms. The van der Waals surface area contributed by atoms with Gasteiger partial charge in [-0.2, -0.15) is 5.10 Å². The van der Waals surface area contributed by atoms with Crippen LogP contribution in [0.4, 0.5) is 0 Å². The minimum atomic E-state index is -0.198. The van der Waals surface area contributed by atoms with Gasteiger partial charge in [-0.25, -0.2) is 15.4 Å². The van der Waals surface area contributed by atoms with Gasteiger partial charge in [0.25, 0.3) is 5.91 Å². The number of hydrogen-bond donors (Lipinski definition) is 1. The molecule has 1 N–H and O–H groups in total. The molecule has 0 spiro atoms. The molecule has 0 aliphatic heterocycles. The monoisotopic (exact) mass is 344 g/mol. The van der Waals surface area contributed by atoms with Crippen molar-refractivity contribution in [1.82, 2.24) is 15.4 Å². The van der Waals surface area contributed by atoms with Crippen molar-refractivity contribution in [2.75, 3.05) is 12.9 Å². The summed E-state index contributed by atoms with van der Waals surface area (Å²) >= 11 is 1.29. The van der Waals surface area contributed by atoms with E-state index in [2.05, 4.69) is 20.5 Å². The Balaban J connectivity index is 1.89. The number of thioether (sulfide) groups is 1. The van der Waals surface area contributed by atoms with Crippen LogP contribution in [0.25, 0.3) is 0 Å². The highest BCUT2D eigenvalue weighted by atomic mass is 32.2. The Hall–Kier alpha value is -2.41. The molecule has 2 rings (SSSR count). The van der Waals surface area contributed by atoms with Gasteiger partial charge in [0, 0.05) is 11.4 Å². The lowest BCUT2D eigenvalue weighted by Gasteiger charge is -2.05. The molecule has 1 aromatic heterocycles. The maximum absolute atomic E-state index is 11.9. The molecule has 0 saturated carbocycles. The SMILES string of the molecule is COc1ccc(/C(C)=N\NC(=O)CSc2nc(C)cc(C)n2)cc1. The second kappa shape index (κ2) is 8.44. The van der Waals surface area contributed by atoms with Gasteiger partial charge in [-0.3, -0.25) is 4.79 Å². The molecule has 0 fully saturated rings. The van der Waals surface area contributed by atoms with Crippen LogP contribution in [0.3, 0.4) is 0 Å². The van der Waals surface area contributed by atoms with E-state index < -0.39 is 0 Å². The quantitative estimate of drug-likeness (QED) is 0.377. The van der Waals surface area contributed by atoms with Gasteiger partial charge in [-0.15, -0.1) is 0 Å². The lowest BCUT2D eigenvalue weighted by Crippen LogP contribution is -2.21. The first kappa shape index (κ1) is 17.9. The summed E-state index contributed by atoms with van der Waals surface area (Å²) in [5, 5.41) is 4.72. The van der Waals surface area contributed by atoms with Crippen LogP contribution in [-0.4, -0.2) is 34.4 Å². The van der Waals surface area contributed by atoms with Crippen molar-refractivity contribution in [1.29, 1.82) is 0 Å². The van der Waals surface area contributed by atoms with E-state index in [1.807, 2.05) is 51.1 Å². The molecule has 0 bridgehead atoms. The highest BCUT2D eigenvalue weighted by molar-refractivity contribution is 7.99. The van der Waals surface area contributed by atoms with Crippen molar-refractivity contribution >= 4 is 23.4 Å². The number of hydrogen-bond acceptors (Lipinski definition) is 6. The van der Waals surface area contributed by atoms with E-state index in [4.69, 9.17) is 4.74 Å². The number of hydrazone groups is 1. The van der Waals surface area contributed by atoms with Gasteiger partial charge in [0.05, 0.1) is 18.6 Å². The fourth-order valence-corrected chi connectivity index (χ4v) is 2.71. The Kier molecular flexibility index (Phi) is 6.31. The van der Waals surface area contributed by atoms with Crippen LogP contribution in [0.5, 0.6) is 5.75 Å². The summed E-state index contributed by atoms with van der Waals surface area (Å²) < 4.78 is 5.11. The number of ether oxygens (including phenoxy) is 1. The molecule has 126 valence electrons. The maximum Gasteiger partial charge on any atom is 0.250 e. The van der Waals surface area contributed by atoms with Crippen molar-refractivity contribution in [2.24, 2.45) is 5.10 Å². The fourth-order valence-electron chi connectivity index (χ4n) is 1.96. The fraction of sp³-hybridized carbons (Fsp3) is 0.294. The summed E-state index contributed by atoms with van der Waals surface area (Å²) in [6, 6.07) is 9.38. The molecule has 6 nitrogen and oxygen atoms in total. The second-order valence-electron chi connectivity index (χ2n) is 5.18. The second-order valence-corrected chi connectivity index (χ2v) is 6.13. The summed E-state index contributed by atoms with van der Waals surface area (Å²) in [5.41, 5.74) is 5.96. The number of aromatic nitrogens is 2. The molecule has 0 aliphatic rings. The topological polar surface area (TPSA) is 76.5 Å². The number of rotatable bonds is 6. The van der Waals surface area contributed by atoms with Crippen LogP contribution in [0.1, 0.15) is 23.9 Å². The normalized spacial score (nSPS) is 11.2. The first-order chi connectivity index (χ1) is 11.5. The Labute approximate surface area is 145 Å². The Morgan fingerprint density at radius 1 is 1.21 bits per heavy atom. The van der Waals surface area contributed by atoms with E-state index in [0.717, 1.165) is 28.4 Å². The molecule has 1 amide bonds. The number of carbonyl (C=O) groups excluding carboxylic acids is 1. The van der Waals surface area contributed by atoms with E-state index >= 15 is 0 Å². The predicted octanol–water partition coefficient (Wildman–Crippen LogP) is 2.73. The summed E-state index contributed by atoms with van der Waals surface area (Å²) in [6.45, 7) is 5.64. The van der Waals surface area contributed by atoms with Crippen LogP contribution < -0.4 is 10.2 Å². The van der Waals surface area contributed by atoms with E-state index in [0.29, 0.717) is 5.16 Å². The third-order valence-corrected chi connectivity index (χ3v) is 4.00. The molecule has 1 heterocycles. The number of benzene rings is 1. The van der Waals surface area contributed by atoms with Crippen molar-refractivity contribution in [2.45, 2.75) is 25.9 Å². The largest absolute Gasteiger partial charge is 0.497 e. The van der Waals surface area contributed by atoms with E-state index in [9.17, 15) is 4.79 Å². The van der Waals surface area contributed by atoms with Gasteiger partial charge >= 0.3 is 0 Å². The number of nitrogens with one attached hydrogen (secondary N) is 1. The van der Waals surface area contributed by atoms with Crippen molar-refractivity contribution in [3.05, 3.63) is 47.3 Å². The van der Waals surface area contributed by atoms with Crippen LogP contribution in [0, 0.1) is 13.8 Å². The van der Waals surface area contributed by atoms with Crippen molar-refractivity contribution in [3.63, 3.8) is 0 Å². The standard InChI is InChI=1S/C17H20N4O2S/c1-11-9-12(2)19-17(18-11)24-10-16(22)21-20-13(3)14-5-7-15(23-4)8-6-14/h5-9H,10H2,1-4H3,(H,21,22)/b20-13-. The molecule has 0 radical (unpaired) electrons. The van der Waals surface area contributed by atoms with Crippen LogP contribution in [-0.2, 0) is 4.79 Å². The minimum Gasteiger partial charge on any atom is -0.497 e. The highest BCUT2D eigenvalue weighted by Gasteiger charge is 2.06. The lowest BCUT2D eigenvalue weighted by atomic mass is 10.1. The number of aryl methyl sites for hydroxylation is 2. The predicted molar refractivity (Wildman–Crippen MR) is 95.6 cm³/mol. The molecule has 2 aromatic rings.